The van der Waals surface area contributed by atoms with Gasteiger partial charge in [-0.2, -0.15) is 0 Å². The Labute approximate surface area is 174 Å². The Morgan fingerprint density at radius 2 is 2.00 bits per heavy atom. The molecule has 9 heteroatoms. The molecule has 1 fully saturated rings. The summed E-state index contributed by atoms with van der Waals surface area (Å²) in [6, 6.07) is 6.11. The minimum absolute atomic E-state index is 0.102. The minimum atomic E-state index is -0.947. The van der Waals surface area contributed by atoms with Crippen molar-refractivity contribution in [1.82, 2.24) is 15.3 Å². The van der Waals surface area contributed by atoms with Crippen molar-refractivity contribution in [2.45, 2.75) is 33.2 Å². The van der Waals surface area contributed by atoms with Crippen LogP contribution in [0.4, 0.5) is 11.6 Å². The van der Waals surface area contributed by atoms with Crippen molar-refractivity contribution in [2.75, 3.05) is 30.3 Å². The standard InChI is InChI=1S/C21H28N6O3/c1-13-3-4-15(9-14(13)2)11-24-20-26-16(10-22)17(18(28)27-20)25-12-21(19(29)30)5-7-23-8-6-21/h3-4,9-10,22-23,25H,5-8,11-12H2,1-2H3,(H,29,30)(H2,24,26,27,28). The normalized spacial score (nSPS) is 15.4. The van der Waals surface area contributed by atoms with Crippen molar-refractivity contribution in [2.24, 2.45) is 5.41 Å². The largest absolute Gasteiger partial charge is 0.481 e. The van der Waals surface area contributed by atoms with Crippen molar-refractivity contribution in [3.8, 4) is 0 Å². The first-order valence-corrected chi connectivity index (χ1v) is 9.97. The highest BCUT2D eigenvalue weighted by atomic mass is 16.4. The maximum absolute atomic E-state index is 12.6. The Hall–Kier alpha value is -3.20. The number of carboxylic acids is 1. The number of carbonyl (C=O) groups is 1. The van der Waals surface area contributed by atoms with E-state index in [1.54, 1.807) is 0 Å². The molecule has 1 aromatic carbocycles. The fourth-order valence-corrected chi connectivity index (χ4v) is 3.58. The molecule has 0 unspecified atom stereocenters. The number of rotatable bonds is 8. The lowest BCUT2D eigenvalue weighted by atomic mass is 9.79. The number of aliphatic carboxylic acids is 1. The number of H-pyrrole nitrogens is 1. The zero-order valence-electron chi connectivity index (χ0n) is 17.3. The number of hydrogen-bond acceptors (Lipinski definition) is 7. The summed E-state index contributed by atoms with van der Waals surface area (Å²) in [6.07, 6.45) is 1.93. The molecule has 2 heterocycles. The Morgan fingerprint density at radius 1 is 1.27 bits per heavy atom. The van der Waals surface area contributed by atoms with Crippen LogP contribution in [0, 0.1) is 24.7 Å². The molecule has 1 saturated heterocycles. The van der Waals surface area contributed by atoms with Gasteiger partial charge in [0.1, 0.15) is 11.4 Å². The van der Waals surface area contributed by atoms with Gasteiger partial charge in [0.2, 0.25) is 5.95 Å². The summed E-state index contributed by atoms with van der Waals surface area (Å²) in [7, 11) is 0. The Balaban J connectivity index is 1.75. The highest BCUT2D eigenvalue weighted by Crippen LogP contribution is 2.29. The van der Waals surface area contributed by atoms with Gasteiger partial charge in [0.25, 0.3) is 5.56 Å². The van der Waals surface area contributed by atoms with Gasteiger partial charge < -0.3 is 26.5 Å². The summed E-state index contributed by atoms with van der Waals surface area (Å²) < 4.78 is 0. The molecule has 6 N–H and O–H groups in total. The lowest BCUT2D eigenvalue weighted by Crippen LogP contribution is -2.46. The van der Waals surface area contributed by atoms with Crippen molar-refractivity contribution in [3.05, 3.63) is 50.9 Å². The predicted molar refractivity (Wildman–Crippen MR) is 117 cm³/mol. The first-order valence-electron chi connectivity index (χ1n) is 9.97. The molecule has 160 valence electrons. The molecule has 0 aliphatic carbocycles. The van der Waals surface area contributed by atoms with E-state index in [4.69, 9.17) is 5.41 Å². The second-order valence-corrected chi connectivity index (χ2v) is 7.78. The molecular formula is C21H28N6O3. The van der Waals surface area contributed by atoms with E-state index >= 15 is 0 Å². The maximum atomic E-state index is 12.6. The third-order valence-corrected chi connectivity index (χ3v) is 5.73. The van der Waals surface area contributed by atoms with Gasteiger partial charge in [-0.1, -0.05) is 18.2 Å². The van der Waals surface area contributed by atoms with Crippen molar-refractivity contribution in [3.63, 3.8) is 0 Å². The molecule has 1 aliphatic heterocycles. The summed E-state index contributed by atoms with van der Waals surface area (Å²) in [5.41, 5.74) is 2.32. The van der Waals surface area contributed by atoms with Gasteiger partial charge >= 0.3 is 5.97 Å². The van der Waals surface area contributed by atoms with E-state index in [0.29, 0.717) is 32.5 Å². The van der Waals surface area contributed by atoms with Crippen molar-refractivity contribution >= 4 is 23.8 Å². The maximum Gasteiger partial charge on any atom is 0.311 e. The second kappa shape index (κ2) is 9.08. The van der Waals surface area contributed by atoms with E-state index in [2.05, 4.69) is 32.0 Å². The van der Waals surface area contributed by atoms with Gasteiger partial charge in [0, 0.05) is 19.3 Å². The van der Waals surface area contributed by atoms with E-state index in [1.807, 2.05) is 26.0 Å². The minimum Gasteiger partial charge on any atom is -0.481 e. The number of carboxylic acid groups (broad SMARTS) is 1. The number of aromatic amines is 1. The molecule has 0 amide bonds. The number of piperidine rings is 1. The average molecular weight is 412 g/mol. The third kappa shape index (κ3) is 4.68. The number of nitrogens with zero attached hydrogens (tertiary/aromatic N) is 1. The van der Waals surface area contributed by atoms with Gasteiger partial charge in [0.15, 0.2) is 0 Å². The lowest BCUT2D eigenvalue weighted by Gasteiger charge is -2.33. The first kappa shape index (κ1) is 21.5. The Kier molecular flexibility index (Phi) is 6.51. The smallest absolute Gasteiger partial charge is 0.311 e. The van der Waals surface area contributed by atoms with Crippen LogP contribution in [0.3, 0.4) is 0 Å². The molecule has 0 radical (unpaired) electrons. The quantitative estimate of drug-likeness (QED) is 0.363. The zero-order chi connectivity index (χ0) is 21.7. The topological polar surface area (TPSA) is 143 Å². The molecule has 1 aliphatic rings. The number of nitrogens with one attached hydrogen (secondary N) is 5. The van der Waals surface area contributed by atoms with E-state index in [1.165, 1.54) is 11.1 Å². The number of aryl methyl sites for hydroxylation is 2. The Bertz CT molecular complexity index is 995. The molecule has 3 rings (SSSR count). The van der Waals surface area contributed by atoms with Gasteiger partial charge in [-0.05, 0) is 56.5 Å². The highest BCUT2D eigenvalue weighted by molar-refractivity contribution is 5.83. The van der Waals surface area contributed by atoms with E-state index < -0.39 is 16.9 Å². The fraction of sp³-hybridized carbons (Fsp3) is 0.429. The van der Waals surface area contributed by atoms with Crippen LogP contribution in [0.1, 0.15) is 35.2 Å². The molecular weight excluding hydrogens is 384 g/mol. The summed E-state index contributed by atoms with van der Waals surface area (Å²) in [4.78, 5) is 31.4. The number of hydrogen-bond donors (Lipinski definition) is 6. The molecule has 0 atom stereocenters. The van der Waals surface area contributed by atoms with E-state index in [9.17, 15) is 14.7 Å². The van der Waals surface area contributed by atoms with Gasteiger partial charge in [-0.3, -0.25) is 14.6 Å². The molecule has 1 aromatic heterocycles. The monoisotopic (exact) mass is 412 g/mol. The SMILES string of the molecule is Cc1ccc(CNc2nc(C=N)c(NCC3(C(=O)O)CCNCC3)c(=O)[nH]2)cc1C. The first-order chi connectivity index (χ1) is 14.3. The Morgan fingerprint density at radius 3 is 2.63 bits per heavy atom. The summed E-state index contributed by atoms with van der Waals surface area (Å²) in [5, 5.41) is 26.5. The van der Waals surface area contributed by atoms with Crippen molar-refractivity contribution < 1.29 is 9.90 Å². The molecule has 2 aromatic rings. The van der Waals surface area contributed by atoms with Crippen LogP contribution in [-0.4, -0.2) is 46.9 Å². The second-order valence-electron chi connectivity index (χ2n) is 7.78. The summed E-state index contributed by atoms with van der Waals surface area (Å²) in [5.74, 6) is -0.624. The van der Waals surface area contributed by atoms with Gasteiger partial charge in [0.05, 0.1) is 5.41 Å². The molecule has 30 heavy (non-hydrogen) atoms. The number of benzene rings is 1. The lowest BCUT2D eigenvalue weighted by molar-refractivity contribution is -0.149. The van der Waals surface area contributed by atoms with Gasteiger partial charge in [-0.15, -0.1) is 0 Å². The highest BCUT2D eigenvalue weighted by Gasteiger charge is 2.39. The number of anilines is 2. The zero-order valence-corrected chi connectivity index (χ0v) is 17.3. The van der Waals surface area contributed by atoms with Crippen LogP contribution in [0.25, 0.3) is 0 Å². The molecule has 0 bridgehead atoms. The summed E-state index contributed by atoms with van der Waals surface area (Å²) >= 11 is 0. The fourth-order valence-electron chi connectivity index (χ4n) is 3.58. The van der Waals surface area contributed by atoms with Crippen LogP contribution < -0.4 is 21.5 Å². The van der Waals surface area contributed by atoms with Crippen LogP contribution in [0.5, 0.6) is 0 Å². The van der Waals surface area contributed by atoms with Gasteiger partial charge in [-0.25, -0.2) is 4.98 Å². The molecule has 9 nitrogen and oxygen atoms in total. The predicted octanol–water partition coefficient (Wildman–Crippen LogP) is 1.86. The van der Waals surface area contributed by atoms with Crippen LogP contribution in [0.2, 0.25) is 0 Å². The summed E-state index contributed by atoms with van der Waals surface area (Å²) in [6.45, 7) is 5.89. The van der Waals surface area contributed by atoms with E-state index in [0.717, 1.165) is 11.8 Å². The third-order valence-electron chi connectivity index (χ3n) is 5.73. The van der Waals surface area contributed by atoms with Crippen LogP contribution >= 0.6 is 0 Å². The van der Waals surface area contributed by atoms with Crippen LogP contribution in [0.15, 0.2) is 23.0 Å². The van der Waals surface area contributed by atoms with Crippen molar-refractivity contribution in [1.29, 1.82) is 5.41 Å². The van der Waals surface area contributed by atoms with E-state index in [-0.39, 0.29) is 23.9 Å². The average Bonchev–Trinajstić information content (AvgIpc) is 2.74. The molecule has 0 spiro atoms. The molecule has 0 saturated carbocycles. The van der Waals surface area contributed by atoms with Crippen LogP contribution in [-0.2, 0) is 11.3 Å². The number of aromatic nitrogens is 2.